The molecule has 190 valence electrons. The number of benzene rings is 2. The van der Waals surface area contributed by atoms with Crippen molar-refractivity contribution < 1.29 is 23.7 Å². The molecule has 0 saturated carbocycles. The van der Waals surface area contributed by atoms with Crippen molar-refractivity contribution in [1.82, 2.24) is 4.57 Å². The molecule has 0 unspecified atom stereocenters. The number of fused-ring (bicyclic) bond motifs is 1. The molecule has 0 amide bonds. The van der Waals surface area contributed by atoms with Gasteiger partial charge in [0.1, 0.15) is 12.4 Å². The lowest BCUT2D eigenvalue weighted by molar-refractivity contribution is -0.139. The largest absolute Gasteiger partial charge is 0.497 e. The first kappa shape index (κ1) is 25.8. The van der Waals surface area contributed by atoms with Crippen molar-refractivity contribution in [3.63, 3.8) is 0 Å². The number of hydrogen-bond donors (Lipinski definition) is 0. The second-order valence-corrected chi connectivity index (χ2v) is 8.99. The summed E-state index contributed by atoms with van der Waals surface area (Å²) in [6.45, 7) is 3.80. The van der Waals surface area contributed by atoms with Crippen LogP contribution in [0.15, 0.2) is 63.5 Å². The Kier molecular flexibility index (Phi) is 7.80. The van der Waals surface area contributed by atoms with Gasteiger partial charge in [-0.2, -0.15) is 0 Å². The molecular formula is C28H26N2O6S. The highest BCUT2D eigenvalue weighted by molar-refractivity contribution is 7.07. The summed E-state index contributed by atoms with van der Waals surface area (Å²) < 4.78 is 23.6. The molecule has 1 aromatic heterocycles. The van der Waals surface area contributed by atoms with Gasteiger partial charge in [-0.25, -0.2) is 9.79 Å². The van der Waals surface area contributed by atoms with Gasteiger partial charge in [-0.1, -0.05) is 35.5 Å². The standard InChI is InChI=1S/C28H26N2O6S/c1-6-13-36-21-12-11-18(14-22(21)34-5)15-23-26(31)30-25(19-9-8-10-20(16-19)33-4)24(27(32)35-7-2)17(3)29-28(30)37-23/h1,8-12,14-16,25H,7,13H2,2-5H3/b23-15-/t25-/m1/s1. The number of rotatable bonds is 8. The van der Waals surface area contributed by atoms with Gasteiger partial charge in [0.15, 0.2) is 16.3 Å². The van der Waals surface area contributed by atoms with E-state index in [1.54, 1.807) is 57.4 Å². The van der Waals surface area contributed by atoms with Crippen LogP contribution >= 0.6 is 11.3 Å². The molecule has 0 fully saturated rings. The van der Waals surface area contributed by atoms with E-state index in [-0.39, 0.29) is 18.8 Å². The minimum Gasteiger partial charge on any atom is -0.497 e. The van der Waals surface area contributed by atoms with Crippen molar-refractivity contribution in [3.05, 3.63) is 84.5 Å². The summed E-state index contributed by atoms with van der Waals surface area (Å²) in [5.74, 6) is 3.51. The van der Waals surface area contributed by atoms with E-state index in [0.717, 1.165) is 5.56 Å². The molecule has 0 N–H and O–H groups in total. The molecular weight excluding hydrogens is 492 g/mol. The van der Waals surface area contributed by atoms with Gasteiger partial charge in [-0.15, -0.1) is 6.42 Å². The normalized spacial score (nSPS) is 14.9. The molecule has 0 spiro atoms. The number of carbonyl (C=O) groups is 1. The first-order chi connectivity index (χ1) is 17.9. The molecule has 0 radical (unpaired) electrons. The molecule has 2 aromatic carbocycles. The smallest absolute Gasteiger partial charge is 0.338 e. The third-order valence-corrected chi connectivity index (χ3v) is 6.71. The van der Waals surface area contributed by atoms with Gasteiger partial charge >= 0.3 is 5.97 Å². The Balaban J connectivity index is 1.89. The topological polar surface area (TPSA) is 88.4 Å². The quantitative estimate of drug-likeness (QED) is 0.337. The first-order valence-corrected chi connectivity index (χ1v) is 12.3. The fourth-order valence-electron chi connectivity index (χ4n) is 4.08. The summed E-state index contributed by atoms with van der Waals surface area (Å²) in [6.07, 6.45) is 7.04. The maximum atomic E-state index is 13.7. The lowest BCUT2D eigenvalue weighted by Crippen LogP contribution is -2.39. The number of methoxy groups -OCH3 is 2. The molecule has 1 aliphatic rings. The molecule has 9 heteroatoms. The number of aromatic nitrogens is 1. The summed E-state index contributed by atoms with van der Waals surface area (Å²) in [5, 5.41) is 0. The Morgan fingerprint density at radius 1 is 1.19 bits per heavy atom. The Bertz CT molecular complexity index is 1590. The van der Waals surface area contributed by atoms with Gasteiger partial charge in [0, 0.05) is 0 Å². The van der Waals surface area contributed by atoms with Gasteiger partial charge < -0.3 is 18.9 Å². The van der Waals surface area contributed by atoms with Crippen LogP contribution in [0.5, 0.6) is 17.2 Å². The summed E-state index contributed by atoms with van der Waals surface area (Å²) in [7, 11) is 3.10. The zero-order valence-corrected chi connectivity index (χ0v) is 21.8. The molecule has 8 nitrogen and oxygen atoms in total. The van der Waals surface area contributed by atoms with Crippen molar-refractivity contribution in [2.24, 2.45) is 4.99 Å². The van der Waals surface area contributed by atoms with E-state index in [0.29, 0.717) is 43.4 Å². The molecule has 37 heavy (non-hydrogen) atoms. The SMILES string of the molecule is C#CCOc1ccc(/C=c2\sc3n(c2=O)[C@H](c2cccc(OC)c2)C(C(=O)OCC)=C(C)N=3)cc1OC. The van der Waals surface area contributed by atoms with Crippen molar-refractivity contribution >= 4 is 23.4 Å². The summed E-state index contributed by atoms with van der Waals surface area (Å²) in [6, 6.07) is 11.9. The zero-order valence-electron chi connectivity index (χ0n) is 20.9. The molecule has 0 saturated heterocycles. The maximum Gasteiger partial charge on any atom is 0.338 e. The third kappa shape index (κ3) is 5.15. The monoisotopic (exact) mass is 518 g/mol. The fraction of sp³-hybridized carbons (Fsp3) is 0.250. The second kappa shape index (κ2) is 11.2. The van der Waals surface area contributed by atoms with Crippen LogP contribution in [-0.2, 0) is 9.53 Å². The average molecular weight is 519 g/mol. The van der Waals surface area contributed by atoms with E-state index in [9.17, 15) is 9.59 Å². The van der Waals surface area contributed by atoms with Crippen LogP contribution in [-0.4, -0.2) is 38.0 Å². The fourth-order valence-corrected chi connectivity index (χ4v) is 5.13. The molecule has 1 atom stereocenters. The lowest BCUT2D eigenvalue weighted by atomic mass is 9.95. The number of terminal acetylenes is 1. The van der Waals surface area contributed by atoms with Crippen LogP contribution in [0.3, 0.4) is 0 Å². The summed E-state index contributed by atoms with van der Waals surface area (Å²) in [5.41, 5.74) is 1.97. The van der Waals surface area contributed by atoms with Crippen LogP contribution in [0, 0.1) is 12.3 Å². The van der Waals surface area contributed by atoms with Crippen molar-refractivity contribution in [1.29, 1.82) is 0 Å². The average Bonchev–Trinajstić information content (AvgIpc) is 3.21. The maximum absolute atomic E-state index is 13.7. The highest BCUT2D eigenvalue weighted by Crippen LogP contribution is 2.32. The van der Waals surface area contributed by atoms with E-state index in [4.69, 9.17) is 25.4 Å². The molecule has 2 heterocycles. The number of esters is 1. The Hall–Kier alpha value is -4.29. The van der Waals surface area contributed by atoms with Crippen LogP contribution in [0.4, 0.5) is 0 Å². The molecule has 1 aliphatic heterocycles. The van der Waals surface area contributed by atoms with E-state index in [2.05, 4.69) is 10.9 Å². The number of hydrogen-bond acceptors (Lipinski definition) is 8. The van der Waals surface area contributed by atoms with E-state index >= 15 is 0 Å². The molecule has 0 bridgehead atoms. The third-order valence-electron chi connectivity index (χ3n) is 5.72. The van der Waals surface area contributed by atoms with Crippen LogP contribution in [0.25, 0.3) is 6.08 Å². The molecule has 0 aliphatic carbocycles. The predicted molar refractivity (Wildman–Crippen MR) is 141 cm³/mol. The minimum atomic E-state index is -0.721. The van der Waals surface area contributed by atoms with Crippen molar-refractivity contribution in [3.8, 4) is 29.6 Å². The van der Waals surface area contributed by atoms with Crippen LogP contribution < -0.4 is 29.1 Å². The number of nitrogens with zero attached hydrogens (tertiary/aromatic N) is 2. The van der Waals surface area contributed by atoms with Crippen LogP contribution in [0.1, 0.15) is 31.0 Å². The van der Waals surface area contributed by atoms with Crippen molar-refractivity contribution in [2.75, 3.05) is 27.4 Å². The first-order valence-electron chi connectivity index (χ1n) is 11.5. The lowest BCUT2D eigenvalue weighted by Gasteiger charge is -2.25. The zero-order chi connectivity index (χ0) is 26.5. The van der Waals surface area contributed by atoms with Gasteiger partial charge in [-0.3, -0.25) is 9.36 Å². The molecule has 4 rings (SSSR count). The summed E-state index contributed by atoms with van der Waals surface area (Å²) >= 11 is 1.24. The van der Waals surface area contributed by atoms with E-state index in [1.807, 2.05) is 12.1 Å². The highest BCUT2D eigenvalue weighted by atomic mass is 32.1. The predicted octanol–water partition coefficient (Wildman–Crippen LogP) is 2.83. The number of ether oxygens (including phenoxy) is 4. The van der Waals surface area contributed by atoms with Gasteiger partial charge in [0.05, 0.1) is 42.7 Å². The molecule has 3 aromatic rings. The van der Waals surface area contributed by atoms with Gasteiger partial charge in [0.25, 0.3) is 5.56 Å². The Morgan fingerprint density at radius 2 is 2.00 bits per heavy atom. The Morgan fingerprint density at radius 3 is 2.70 bits per heavy atom. The number of carbonyl (C=O) groups excluding carboxylic acids is 1. The van der Waals surface area contributed by atoms with E-state index in [1.165, 1.54) is 23.0 Å². The number of allylic oxidation sites excluding steroid dienone is 1. The van der Waals surface area contributed by atoms with E-state index < -0.39 is 12.0 Å². The second-order valence-electron chi connectivity index (χ2n) is 7.98. The summed E-state index contributed by atoms with van der Waals surface area (Å²) in [4.78, 5) is 31.8. The Labute approximate surface area is 218 Å². The minimum absolute atomic E-state index is 0.112. The number of thiazole rings is 1. The van der Waals surface area contributed by atoms with Gasteiger partial charge in [-0.05, 0) is 55.3 Å². The highest BCUT2D eigenvalue weighted by Gasteiger charge is 2.33. The van der Waals surface area contributed by atoms with Crippen molar-refractivity contribution in [2.45, 2.75) is 19.9 Å². The van der Waals surface area contributed by atoms with Crippen LogP contribution in [0.2, 0.25) is 0 Å². The van der Waals surface area contributed by atoms with Gasteiger partial charge in [0.2, 0.25) is 0 Å².